The van der Waals surface area contributed by atoms with E-state index in [9.17, 15) is 4.79 Å². The highest BCUT2D eigenvalue weighted by atomic mass is 32.1. The summed E-state index contributed by atoms with van der Waals surface area (Å²) < 4.78 is 12.4. The Balaban J connectivity index is 1.68. The van der Waals surface area contributed by atoms with Crippen molar-refractivity contribution in [1.29, 1.82) is 0 Å². The van der Waals surface area contributed by atoms with Crippen LogP contribution in [-0.2, 0) is 6.54 Å². The summed E-state index contributed by atoms with van der Waals surface area (Å²) in [6, 6.07) is 7.49. The first-order chi connectivity index (χ1) is 12.7. The summed E-state index contributed by atoms with van der Waals surface area (Å²) >= 11 is 2.96. The topological polar surface area (TPSA) is 66.2 Å². The lowest BCUT2D eigenvalue weighted by Gasteiger charge is -2.10. The number of methoxy groups -OCH3 is 2. The SMILES string of the molecule is COc1cccc(-c2nc(Cn3cnc4sccc4c3=O)cs2)c1OC. The molecule has 0 spiro atoms. The number of aromatic nitrogens is 3. The van der Waals surface area contributed by atoms with E-state index in [-0.39, 0.29) is 5.56 Å². The van der Waals surface area contributed by atoms with Crippen LogP contribution in [0.15, 0.2) is 46.1 Å². The van der Waals surface area contributed by atoms with Crippen LogP contribution in [0.3, 0.4) is 0 Å². The fourth-order valence-corrected chi connectivity index (χ4v) is 4.30. The molecule has 0 saturated carbocycles. The maximum Gasteiger partial charge on any atom is 0.262 e. The van der Waals surface area contributed by atoms with Crippen LogP contribution in [0.5, 0.6) is 11.5 Å². The number of thiophene rings is 1. The molecule has 0 fully saturated rings. The number of para-hydroxylation sites is 1. The molecule has 3 aromatic heterocycles. The van der Waals surface area contributed by atoms with Crippen LogP contribution in [0.2, 0.25) is 0 Å². The van der Waals surface area contributed by atoms with Crippen LogP contribution < -0.4 is 15.0 Å². The fraction of sp³-hybridized carbons (Fsp3) is 0.167. The molecule has 4 rings (SSSR count). The minimum absolute atomic E-state index is 0.0511. The Morgan fingerprint density at radius 2 is 2.04 bits per heavy atom. The quantitative estimate of drug-likeness (QED) is 0.525. The molecule has 8 heteroatoms. The molecule has 132 valence electrons. The smallest absolute Gasteiger partial charge is 0.262 e. The monoisotopic (exact) mass is 385 g/mol. The Morgan fingerprint density at radius 1 is 1.15 bits per heavy atom. The Morgan fingerprint density at radius 3 is 2.85 bits per heavy atom. The molecule has 1 aromatic carbocycles. The number of thiazole rings is 1. The van der Waals surface area contributed by atoms with Gasteiger partial charge in [-0.1, -0.05) is 6.07 Å². The van der Waals surface area contributed by atoms with E-state index in [1.165, 1.54) is 22.7 Å². The Hall–Kier alpha value is -2.71. The van der Waals surface area contributed by atoms with Crippen LogP contribution in [0.25, 0.3) is 20.8 Å². The zero-order valence-electron chi connectivity index (χ0n) is 14.1. The van der Waals surface area contributed by atoms with Crippen molar-refractivity contribution < 1.29 is 9.47 Å². The number of benzene rings is 1. The van der Waals surface area contributed by atoms with Crippen molar-refractivity contribution in [2.24, 2.45) is 0 Å². The molecule has 0 unspecified atom stereocenters. The molecule has 4 aromatic rings. The van der Waals surface area contributed by atoms with Gasteiger partial charge in [0.05, 0.1) is 43.7 Å². The molecule has 26 heavy (non-hydrogen) atoms. The number of rotatable bonds is 5. The molecule has 0 aliphatic rings. The van der Waals surface area contributed by atoms with Gasteiger partial charge in [0, 0.05) is 5.38 Å². The third-order valence-corrected chi connectivity index (χ3v) is 5.71. The van der Waals surface area contributed by atoms with Gasteiger partial charge in [0.1, 0.15) is 9.84 Å². The maximum atomic E-state index is 12.5. The van der Waals surface area contributed by atoms with Crippen LogP contribution in [0.1, 0.15) is 5.69 Å². The van der Waals surface area contributed by atoms with Gasteiger partial charge >= 0.3 is 0 Å². The minimum atomic E-state index is -0.0511. The second-order valence-corrected chi connectivity index (χ2v) is 7.25. The van der Waals surface area contributed by atoms with Crippen molar-refractivity contribution in [3.63, 3.8) is 0 Å². The molecular formula is C18H15N3O3S2. The average molecular weight is 385 g/mol. The zero-order chi connectivity index (χ0) is 18.1. The predicted molar refractivity (Wildman–Crippen MR) is 104 cm³/mol. The molecule has 0 saturated heterocycles. The number of fused-ring (bicyclic) bond motifs is 1. The van der Waals surface area contributed by atoms with Crippen molar-refractivity contribution in [3.05, 3.63) is 57.4 Å². The van der Waals surface area contributed by atoms with E-state index in [0.717, 1.165) is 21.1 Å². The van der Waals surface area contributed by atoms with E-state index < -0.39 is 0 Å². The van der Waals surface area contributed by atoms with Crippen molar-refractivity contribution in [2.45, 2.75) is 6.54 Å². The third kappa shape index (κ3) is 2.87. The Labute approximate surface area is 157 Å². The van der Waals surface area contributed by atoms with Gasteiger partial charge in [0.2, 0.25) is 0 Å². The van der Waals surface area contributed by atoms with Crippen LogP contribution in [-0.4, -0.2) is 28.8 Å². The van der Waals surface area contributed by atoms with Crippen LogP contribution >= 0.6 is 22.7 Å². The lowest BCUT2D eigenvalue weighted by molar-refractivity contribution is 0.356. The zero-order valence-corrected chi connectivity index (χ0v) is 15.8. The molecule has 0 amide bonds. The van der Waals surface area contributed by atoms with Gasteiger partial charge < -0.3 is 9.47 Å². The second-order valence-electron chi connectivity index (χ2n) is 5.50. The van der Waals surface area contributed by atoms with Gasteiger partial charge in [-0.05, 0) is 23.6 Å². The molecule has 0 atom stereocenters. The summed E-state index contributed by atoms with van der Waals surface area (Å²) in [5, 5.41) is 5.27. The molecular weight excluding hydrogens is 370 g/mol. The molecule has 6 nitrogen and oxygen atoms in total. The van der Waals surface area contributed by atoms with E-state index >= 15 is 0 Å². The highest BCUT2D eigenvalue weighted by Crippen LogP contribution is 2.38. The number of hydrogen-bond acceptors (Lipinski definition) is 7. The second kappa shape index (κ2) is 6.89. The molecule has 0 radical (unpaired) electrons. The molecule has 0 N–H and O–H groups in total. The van der Waals surface area contributed by atoms with E-state index in [4.69, 9.17) is 9.47 Å². The third-order valence-electron chi connectivity index (χ3n) is 3.97. The van der Waals surface area contributed by atoms with Crippen LogP contribution in [0.4, 0.5) is 0 Å². The largest absolute Gasteiger partial charge is 0.493 e. The summed E-state index contributed by atoms with van der Waals surface area (Å²) in [4.78, 5) is 22.3. The van der Waals surface area contributed by atoms with E-state index in [1.54, 1.807) is 31.2 Å². The molecule has 3 heterocycles. The van der Waals surface area contributed by atoms with Gasteiger partial charge in [0.25, 0.3) is 5.56 Å². The summed E-state index contributed by atoms with van der Waals surface area (Å²) in [6.45, 7) is 0.375. The summed E-state index contributed by atoms with van der Waals surface area (Å²) in [7, 11) is 3.21. The first-order valence-corrected chi connectivity index (χ1v) is 9.55. The molecule has 0 bridgehead atoms. The average Bonchev–Trinajstić information content (AvgIpc) is 3.33. The highest BCUT2D eigenvalue weighted by molar-refractivity contribution is 7.16. The van der Waals surface area contributed by atoms with Gasteiger partial charge in [0.15, 0.2) is 11.5 Å². The van der Waals surface area contributed by atoms with Crippen molar-refractivity contribution in [3.8, 4) is 22.1 Å². The lowest BCUT2D eigenvalue weighted by Crippen LogP contribution is -2.20. The first-order valence-electron chi connectivity index (χ1n) is 7.79. The fourth-order valence-electron chi connectivity index (χ4n) is 2.74. The van der Waals surface area contributed by atoms with Crippen molar-refractivity contribution in [2.75, 3.05) is 14.2 Å². The molecule has 0 aliphatic heterocycles. The number of nitrogens with zero attached hydrogens (tertiary/aromatic N) is 3. The van der Waals surface area contributed by atoms with Gasteiger partial charge in [-0.15, -0.1) is 22.7 Å². The summed E-state index contributed by atoms with van der Waals surface area (Å²) in [5.41, 5.74) is 1.61. The van der Waals surface area contributed by atoms with Gasteiger partial charge in [-0.25, -0.2) is 9.97 Å². The summed E-state index contributed by atoms with van der Waals surface area (Å²) in [5.74, 6) is 1.31. The lowest BCUT2D eigenvalue weighted by atomic mass is 10.2. The minimum Gasteiger partial charge on any atom is -0.493 e. The van der Waals surface area contributed by atoms with Crippen molar-refractivity contribution >= 4 is 32.9 Å². The van der Waals surface area contributed by atoms with Gasteiger partial charge in [-0.2, -0.15) is 0 Å². The van der Waals surface area contributed by atoms with E-state index in [2.05, 4.69) is 9.97 Å². The van der Waals surface area contributed by atoms with Crippen LogP contribution in [0, 0.1) is 0 Å². The summed E-state index contributed by atoms with van der Waals surface area (Å²) in [6.07, 6.45) is 1.58. The highest BCUT2D eigenvalue weighted by Gasteiger charge is 2.15. The predicted octanol–water partition coefficient (Wildman–Crippen LogP) is 3.65. The number of hydrogen-bond donors (Lipinski definition) is 0. The standard InChI is InChI=1S/C18H15N3O3S2/c1-23-14-5-3-4-12(15(14)24-2)17-20-11(9-26-17)8-21-10-19-16-13(18(21)22)6-7-25-16/h3-7,9-10H,8H2,1-2H3. The van der Waals surface area contributed by atoms with Crippen molar-refractivity contribution in [1.82, 2.24) is 14.5 Å². The Kier molecular flexibility index (Phi) is 4.44. The van der Waals surface area contributed by atoms with E-state index in [0.29, 0.717) is 23.4 Å². The first kappa shape index (κ1) is 16.7. The Bertz CT molecular complexity index is 1130. The number of ether oxygens (including phenoxy) is 2. The normalized spacial score (nSPS) is 11.0. The van der Waals surface area contributed by atoms with E-state index in [1.807, 2.05) is 29.0 Å². The maximum absolute atomic E-state index is 12.5. The van der Waals surface area contributed by atoms with Gasteiger partial charge in [-0.3, -0.25) is 9.36 Å². The molecule has 0 aliphatic carbocycles.